The largest absolute Gasteiger partial charge is 0.371 e. The molecule has 0 fully saturated rings. The molecule has 0 aliphatic carbocycles. The van der Waals surface area contributed by atoms with E-state index in [4.69, 9.17) is 5.73 Å². The number of guanidine groups is 1. The first-order chi connectivity index (χ1) is 13.5. The van der Waals surface area contributed by atoms with Gasteiger partial charge in [-0.05, 0) is 29.8 Å². The topological polar surface area (TPSA) is 109 Å². The Balaban J connectivity index is 1.82. The molecule has 28 heavy (non-hydrogen) atoms. The standard InChI is InChI=1S/C19H21FN8/c1-22-18-15-16(28(3)9-25-15)13-7-14(26-17(13)27-18)11-4-10(5-12(20)6-11)8-24-19(21)23-2/h4-7,9H,8H2,1-3H3,(H3,21,23,24)(H2,22,26,27). The highest BCUT2D eigenvalue weighted by atomic mass is 19.1. The van der Waals surface area contributed by atoms with Gasteiger partial charge in [0.05, 0.1) is 11.8 Å². The molecule has 0 amide bonds. The fraction of sp³-hybridized carbons (Fsp3) is 0.211. The summed E-state index contributed by atoms with van der Waals surface area (Å²) in [7, 11) is 5.34. The average molecular weight is 380 g/mol. The number of rotatable bonds is 4. The number of pyridine rings is 1. The van der Waals surface area contributed by atoms with Crippen LogP contribution in [0.1, 0.15) is 5.56 Å². The van der Waals surface area contributed by atoms with Crippen molar-refractivity contribution in [3.8, 4) is 11.3 Å². The molecule has 0 bridgehead atoms. The van der Waals surface area contributed by atoms with E-state index in [1.165, 1.54) is 12.1 Å². The molecule has 1 aromatic carbocycles. The van der Waals surface area contributed by atoms with Crippen molar-refractivity contribution in [1.82, 2.24) is 24.8 Å². The molecule has 3 heterocycles. The third kappa shape index (κ3) is 3.00. The summed E-state index contributed by atoms with van der Waals surface area (Å²) in [5.41, 5.74) is 10.4. The van der Waals surface area contributed by atoms with E-state index in [-0.39, 0.29) is 5.82 Å². The third-order valence-electron chi connectivity index (χ3n) is 4.66. The summed E-state index contributed by atoms with van der Waals surface area (Å²) in [6, 6.07) is 6.84. The second-order valence-corrected chi connectivity index (χ2v) is 6.52. The second-order valence-electron chi connectivity index (χ2n) is 6.52. The quantitative estimate of drug-likeness (QED) is 0.321. The van der Waals surface area contributed by atoms with E-state index in [2.05, 4.69) is 30.6 Å². The smallest absolute Gasteiger partial charge is 0.188 e. The lowest BCUT2D eigenvalue weighted by atomic mass is 10.1. The van der Waals surface area contributed by atoms with Crippen LogP contribution in [0.4, 0.5) is 10.2 Å². The minimum atomic E-state index is -0.325. The van der Waals surface area contributed by atoms with Crippen LogP contribution in [0.5, 0.6) is 0 Å². The Labute approximate surface area is 160 Å². The van der Waals surface area contributed by atoms with Gasteiger partial charge in [-0.1, -0.05) is 0 Å². The number of aryl methyl sites for hydroxylation is 1. The summed E-state index contributed by atoms with van der Waals surface area (Å²) in [4.78, 5) is 16.2. The molecule has 8 nitrogen and oxygen atoms in total. The van der Waals surface area contributed by atoms with E-state index >= 15 is 0 Å². The Kier molecular flexibility index (Phi) is 4.34. The van der Waals surface area contributed by atoms with Gasteiger partial charge in [0, 0.05) is 44.3 Å². The van der Waals surface area contributed by atoms with Crippen molar-refractivity contribution >= 4 is 33.8 Å². The molecule has 0 saturated carbocycles. The highest BCUT2D eigenvalue weighted by Gasteiger charge is 2.15. The molecule has 0 saturated heterocycles. The van der Waals surface area contributed by atoms with Crippen LogP contribution >= 0.6 is 0 Å². The number of anilines is 1. The number of nitrogens with two attached hydrogens (primary N) is 1. The lowest BCUT2D eigenvalue weighted by Gasteiger charge is -2.07. The number of fused-ring (bicyclic) bond motifs is 3. The van der Waals surface area contributed by atoms with Gasteiger partial charge in [0.15, 0.2) is 11.8 Å². The normalized spacial score (nSPS) is 12.1. The van der Waals surface area contributed by atoms with Crippen molar-refractivity contribution in [3.63, 3.8) is 0 Å². The number of aromatic nitrogens is 4. The van der Waals surface area contributed by atoms with Gasteiger partial charge in [-0.15, -0.1) is 0 Å². The number of hydrogen-bond acceptors (Lipinski definition) is 4. The van der Waals surface area contributed by atoms with Crippen LogP contribution in [-0.4, -0.2) is 39.6 Å². The van der Waals surface area contributed by atoms with Crippen molar-refractivity contribution in [3.05, 3.63) is 42.0 Å². The first-order valence-corrected chi connectivity index (χ1v) is 8.77. The Hall–Kier alpha value is -3.62. The zero-order valence-corrected chi connectivity index (χ0v) is 15.8. The number of nitrogens with zero attached hydrogens (tertiary/aromatic N) is 4. The predicted octanol–water partition coefficient (Wildman–Crippen LogP) is 2.33. The first kappa shape index (κ1) is 17.8. The molecule has 0 radical (unpaired) electrons. The molecule has 9 heteroatoms. The van der Waals surface area contributed by atoms with Gasteiger partial charge in [0.1, 0.15) is 17.0 Å². The molecule has 4 rings (SSSR count). The maximum atomic E-state index is 14.2. The number of imidazole rings is 1. The Morgan fingerprint density at radius 1 is 1.32 bits per heavy atom. The second kappa shape index (κ2) is 6.84. The molecule has 0 atom stereocenters. The highest BCUT2D eigenvalue weighted by molar-refractivity contribution is 6.07. The number of hydrogen-bond donors (Lipinski definition) is 4. The van der Waals surface area contributed by atoms with Crippen molar-refractivity contribution in [2.24, 2.45) is 17.8 Å². The molecule has 3 aromatic heterocycles. The van der Waals surface area contributed by atoms with E-state index in [0.29, 0.717) is 24.0 Å². The van der Waals surface area contributed by atoms with Crippen LogP contribution in [0.2, 0.25) is 0 Å². The molecule has 0 aliphatic heterocycles. The molecule has 5 N–H and O–H groups in total. The fourth-order valence-corrected chi connectivity index (χ4v) is 3.31. The minimum Gasteiger partial charge on any atom is -0.371 e. The molecule has 4 aromatic rings. The van der Waals surface area contributed by atoms with Crippen LogP contribution in [0.15, 0.2) is 35.6 Å². The number of aliphatic imine (C=N–C) groups is 1. The van der Waals surface area contributed by atoms with Crippen molar-refractivity contribution in [2.45, 2.75) is 6.54 Å². The van der Waals surface area contributed by atoms with Crippen LogP contribution in [0, 0.1) is 5.82 Å². The van der Waals surface area contributed by atoms with Gasteiger partial charge in [0.2, 0.25) is 0 Å². The van der Waals surface area contributed by atoms with Gasteiger partial charge >= 0.3 is 0 Å². The Morgan fingerprint density at radius 2 is 2.14 bits per heavy atom. The van der Waals surface area contributed by atoms with Gasteiger partial charge in [-0.2, -0.15) is 0 Å². The van der Waals surface area contributed by atoms with E-state index < -0.39 is 0 Å². The van der Waals surface area contributed by atoms with Gasteiger partial charge in [0.25, 0.3) is 0 Å². The van der Waals surface area contributed by atoms with E-state index in [1.54, 1.807) is 13.4 Å². The third-order valence-corrected chi connectivity index (χ3v) is 4.66. The lowest BCUT2D eigenvalue weighted by molar-refractivity contribution is 0.625. The SMILES string of the molecule is CN=C(N)NCc1cc(F)cc(-c2cc3c(nc(NC)c4ncn(C)c43)[nH]2)c1. The summed E-state index contributed by atoms with van der Waals surface area (Å²) in [6.45, 7) is 0.377. The lowest BCUT2D eigenvalue weighted by Crippen LogP contribution is -2.30. The number of halogens is 1. The minimum absolute atomic E-state index is 0.304. The first-order valence-electron chi connectivity index (χ1n) is 8.77. The molecule has 0 aliphatic rings. The van der Waals surface area contributed by atoms with Gasteiger partial charge in [-0.25, -0.2) is 14.4 Å². The van der Waals surface area contributed by atoms with Crippen LogP contribution in [-0.2, 0) is 13.6 Å². The maximum absolute atomic E-state index is 14.2. The van der Waals surface area contributed by atoms with Crippen LogP contribution < -0.4 is 16.4 Å². The summed E-state index contributed by atoms with van der Waals surface area (Å²) in [5, 5.41) is 6.95. The molecule has 0 spiro atoms. The number of nitrogens with one attached hydrogen (secondary N) is 3. The fourth-order valence-electron chi connectivity index (χ4n) is 3.31. The maximum Gasteiger partial charge on any atom is 0.188 e. The Bertz CT molecular complexity index is 1200. The highest BCUT2D eigenvalue weighted by Crippen LogP contribution is 2.32. The number of benzene rings is 1. The van der Waals surface area contributed by atoms with Crippen LogP contribution in [0.25, 0.3) is 33.3 Å². The summed E-state index contributed by atoms with van der Waals surface area (Å²) in [5.74, 6) is 0.670. The summed E-state index contributed by atoms with van der Waals surface area (Å²) < 4.78 is 16.2. The monoisotopic (exact) mass is 380 g/mol. The molecule has 0 unspecified atom stereocenters. The average Bonchev–Trinajstić information content (AvgIpc) is 3.28. The van der Waals surface area contributed by atoms with Crippen molar-refractivity contribution in [2.75, 3.05) is 19.4 Å². The molecular weight excluding hydrogens is 359 g/mol. The summed E-state index contributed by atoms with van der Waals surface area (Å²) >= 11 is 0. The molecule has 144 valence electrons. The van der Waals surface area contributed by atoms with E-state index in [0.717, 1.165) is 33.2 Å². The molecular formula is C19H21FN8. The van der Waals surface area contributed by atoms with Crippen molar-refractivity contribution in [1.29, 1.82) is 0 Å². The van der Waals surface area contributed by atoms with E-state index in [1.807, 2.05) is 30.8 Å². The van der Waals surface area contributed by atoms with E-state index in [9.17, 15) is 4.39 Å². The van der Waals surface area contributed by atoms with Gasteiger partial charge < -0.3 is 25.9 Å². The van der Waals surface area contributed by atoms with Gasteiger partial charge in [-0.3, -0.25) is 4.99 Å². The zero-order chi connectivity index (χ0) is 19.8. The Morgan fingerprint density at radius 3 is 2.89 bits per heavy atom. The zero-order valence-electron chi connectivity index (χ0n) is 15.8. The number of aromatic amines is 1. The summed E-state index contributed by atoms with van der Waals surface area (Å²) in [6.07, 6.45) is 1.75. The predicted molar refractivity (Wildman–Crippen MR) is 110 cm³/mol. The van der Waals surface area contributed by atoms with Crippen molar-refractivity contribution < 1.29 is 4.39 Å². The number of H-pyrrole nitrogens is 1. The van der Waals surface area contributed by atoms with Crippen LogP contribution in [0.3, 0.4) is 0 Å².